The summed E-state index contributed by atoms with van der Waals surface area (Å²) in [6.45, 7) is 8.54. The number of aromatic nitrogens is 2. The van der Waals surface area contributed by atoms with Crippen molar-refractivity contribution in [2.45, 2.75) is 33.1 Å². The van der Waals surface area contributed by atoms with E-state index in [1.165, 1.54) is 5.56 Å². The third-order valence-electron chi connectivity index (χ3n) is 5.42. The first-order chi connectivity index (χ1) is 14.7. The number of aryl methyl sites for hydroxylation is 1. The number of hydrogen-bond acceptors (Lipinski definition) is 4. The predicted octanol–water partition coefficient (Wildman–Crippen LogP) is 5.74. The summed E-state index contributed by atoms with van der Waals surface area (Å²) in [4.78, 5) is 21.2. The molecule has 5 nitrogen and oxygen atoms in total. The quantitative estimate of drug-likeness (QED) is 0.451. The van der Waals surface area contributed by atoms with Crippen LogP contribution >= 0.6 is 0 Å². The van der Waals surface area contributed by atoms with Gasteiger partial charge in [-0.1, -0.05) is 45.0 Å². The van der Waals surface area contributed by atoms with Crippen molar-refractivity contribution < 1.29 is 4.79 Å². The fourth-order valence-electron chi connectivity index (χ4n) is 3.55. The lowest BCUT2D eigenvalue weighted by molar-refractivity contribution is 0.102. The molecule has 1 heterocycles. The minimum Gasteiger partial charge on any atom is -0.368 e. The Balaban J connectivity index is 1.61. The number of hydrogen-bond donors (Lipinski definition) is 2. The number of nitrogens with zero attached hydrogens (tertiary/aromatic N) is 2. The van der Waals surface area contributed by atoms with E-state index >= 15 is 0 Å². The van der Waals surface area contributed by atoms with Gasteiger partial charge in [-0.2, -0.15) is 0 Å². The van der Waals surface area contributed by atoms with E-state index in [1.807, 2.05) is 55.5 Å². The van der Waals surface area contributed by atoms with Gasteiger partial charge in [0.05, 0.1) is 5.52 Å². The topological polar surface area (TPSA) is 80.9 Å². The number of nitrogens with one attached hydrogen (secondary N) is 1. The summed E-state index contributed by atoms with van der Waals surface area (Å²) in [5.74, 6) is 0.118. The van der Waals surface area contributed by atoms with Gasteiger partial charge in [0.2, 0.25) is 5.95 Å². The van der Waals surface area contributed by atoms with Crippen molar-refractivity contribution in [1.82, 2.24) is 9.97 Å². The molecule has 5 heteroatoms. The van der Waals surface area contributed by atoms with Gasteiger partial charge in [0.25, 0.3) is 5.91 Å². The highest BCUT2D eigenvalue weighted by Crippen LogP contribution is 2.28. The number of nitrogen functional groups attached to an aromatic ring is 1. The van der Waals surface area contributed by atoms with Gasteiger partial charge in [0, 0.05) is 22.8 Å². The summed E-state index contributed by atoms with van der Waals surface area (Å²) in [6.07, 6.45) is 1.72. The van der Waals surface area contributed by atoms with Gasteiger partial charge < -0.3 is 11.1 Å². The van der Waals surface area contributed by atoms with Crippen LogP contribution in [0.5, 0.6) is 0 Å². The van der Waals surface area contributed by atoms with Crippen molar-refractivity contribution >= 4 is 28.4 Å². The van der Waals surface area contributed by atoms with Crippen molar-refractivity contribution in [3.63, 3.8) is 0 Å². The van der Waals surface area contributed by atoms with Crippen LogP contribution in [0.25, 0.3) is 22.0 Å². The van der Waals surface area contributed by atoms with Crippen LogP contribution in [0.2, 0.25) is 0 Å². The minimum atomic E-state index is -0.137. The summed E-state index contributed by atoms with van der Waals surface area (Å²) < 4.78 is 0. The van der Waals surface area contributed by atoms with E-state index in [0.717, 1.165) is 33.3 Å². The summed E-state index contributed by atoms with van der Waals surface area (Å²) in [6, 6.07) is 19.7. The Labute approximate surface area is 182 Å². The van der Waals surface area contributed by atoms with Crippen molar-refractivity contribution in [2.24, 2.45) is 0 Å². The highest BCUT2D eigenvalue weighted by Gasteiger charge is 2.14. The van der Waals surface area contributed by atoms with Crippen LogP contribution in [-0.2, 0) is 5.41 Å². The van der Waals surface area contributed by atoms with Gasteiger partial charge in [-0.05, 0) is 71.0 Å². The largest absolute Gasteiger partial charge is 0.368 e. The van der Waals surface area contributed by atoms with Gasteiger partial charge in [-0.15, -0.1) is 0 Å². The standard InChI is InChI=1S/C26H26N4O/c1-16-5-6-18(24(31)29-21-10-8-20(9-11-21)26(2,3)4)14-22(16)17-7-12-23-19(13-17)15-28-25(27)30-23/h5-15H,1-4H3,(H,29,31)(H2,27,28,30). The number of amides is 1. The lowest BCUT2D eigenvalue weighted by Gasteiger charge is -2.19. The van der Waals surface area contributed by atoms with E-state index in [4.69, 9.17) is 5.73 Å². The van der Waals surface area contributed by atoms with E-state index in [9.17, 15) is 4.79 Å². The third kappa shape index (κ3) is 4.40. The fraction of sp³-hybridized carbons (Fsp3) is 0.192. The maximum atomic E-state index is 12.9. The van der Waals surface area contributed by atoms with Crippen LogP contribution in [-0.4, -0.2) is 15.9 Å². The number of carbonyl (C=O) groups excluding carboxylic acids is 1. The zero-order chi connectivity index (χ0) is 22.2. The molecule has 4 rings (SSSR count). The molecule has 0 radical (unpaired) electrons. The summed E-state index contributed by atoms with van der Waals surface area (Å²) in [5.41, 5.74) is 12.2. The maximum absolute atomic E-state index is 12.9. The van der Waals surface area contributed by atoms with E-state index in [0.29, 0.717) is 5.56 Å². The highest BCUT2D eigenvalue weighted by molar-refractivity contribution is 6.05. The van der Waals surface area contributed by atoms with Crippen LogP contribution in [0, 0.1) is 6.92 Å². The van der Waals surface area contributed by atoms with Crippen LogP contribution in [0.4, 0.5) is 11.6 Å². The van der Waals surface area contributed by atoms with Crippen LogP contribution in [0.1, 0.15) is 42.3 Å². The fourth-order valence-corrected chi connectivity index (χ4v) is 3.55. The summed E-state index contributed by atoms with van der Waals surface area (Å²) in [5, 5.41) is 3.90. The SMILES string of the molecule is Cc1ccc(C(=O)Nc2ccc(C(C)(C)C)cc2)cc1-c1ccc2nc(N)ncc2c1. The number of carbonyl (C=O) groups is 1. The van der Waals surface area contributed by atoms with E-state index in [1.54, 1.807) is 6.20 Å². The van der Waals surface area contributed by atoms with Crippen LogP contribution in [0.3, 0.4) is 0 Å². The van der Waals surface area contributed by atoms with Gasteiger partial charge in [-0.3, -0.25) is 4.79 Å². The molecule has 0 atom stereocenters. The Hall–Kier alpha value is -3.73. The summed E-state index contributed by atoms with van der Waals surface area (Å²) in [7, 11) is 0. The Kier molecular flexibility index (Phi) is 5.19. The molecule has 156 valence electrons. The summed E-state index contributed by atoms with van der Waals surface area (Å²) >= 11 is 0. The van der Waals surface area contributed by atoms with Crippen molar-refractivity contribution in [3.8, 4) is 11.1 Å². The molecular weight excluding hydrogens is 384 g/mol. The van der Waals surface area contributed by atoms with Crippen molar-refractivity contribution in [3.05, 3.63) is 83.6 Å². The number of fused-ring (bicyclic) bond motifs is 1. The molecule has 0 aliphatic rings. The molecule has 0 aliphatic heterocycles. The van der Waals surface area contributed by atoms with Gasteiger partial charge in [-0.25, -0.2) is 9.97 Å². The molecule has 1 amide bonds. The Bertz CT molecular complexity index is 1270. The molecule has 0 aliphatic carbocycles. The van der Waals surface area contributed by atoms with Gasteiger partial charge in [0.15, 0.2) is 0 Å². The second-order valence-corrected chi connectivity index (χ2v) is 8.81. The molecular formula is C26H26N4O. The molecule has 0 fully saturated rings. The number of nitrogens with two attached hydrogens (primary N) is 1. The lowest BCUT2D eigenvalue weighted by atomic mass is 9.87. The highest BCUT2D eigenvalue weighted by atomic mass is 16.1. The Morgan fingerprint density at radius 3 is 2.42 bits per heavy atom. The molecule has 4 aromatic rings. The van der Waals surface area contributed by atoms with Crippen LogP contribution in [0.15, 0.2) is 66.9 Å². The van der Waals surface area contributed by atoms with Gasteiger partial charge >= 0.3 is 0 Å². The number of benzene rings is 3. The number of rotatable bonds is 3. The molecule has 0 saturated carbocycles. The van der Waals surface area contributed by atoms with Crippen LogP contribution < -0.4 is 11.1 Å². The van der Waals surface area contributed by atoms with E-state index in [-0.39, 0.29) is 17.3 Å². The second-order valence-electron chi connectivity index (χ2n) is 8.81. The molecule has 3 N–H and O–H groups in total. The first-order valence-corrected chi connectivity index (χ1v) is 10.3. The molecule has 3 aromatic carbocycles. The first kappa shape index (κ1) is 20.5. The van der Waals surface area contributed by atoms with E-state index < -0.39 is 0 Å². The minimum absolute atomic E-state index is 0.0744. The van der Waals surface area contributed by atoms with Crippen molar-refractivity contribution in [2.75, 3.05) is 11.1 Å². The zero-order valence-corrected chi connectivity index (χ0v) is 18.2. The maximum Gasteiger partial charge on any atom is 0.255 e. The Morgan fingerprint density at radius 2 is 1.71 bits per heavy atom. The lowest BCUT2D eigenvalue weighted by Crippen LogP contribution is -2.13. The second kappa shape index (κ2) is 7.84. The molecule has 0 saturated heterocycles. The molecule has 31 heavy (non-hydrogen) atoms. The average molecular weight is 411 g/mol. The third-order valence-corrected chi connectivity index (χ3v) is 5.42. The normalized spacial score (nSPS) is 11.5. The first-order valence-electron chi connectivity index (χ1n) is 10.3. The smallest absolute Gasteiger partial charge is 0.255 e. The average Bonchev–Trinajstić information content (AvgIpc) is 2.73. The monoisotopic (exact) mass is 410 g/mol. The molecule has 1 aromatic heterocycles. The van der Waals surface area contributed by atoms with Gasteiger partial charge in [0.1, 0.15) is 0 Å². The van der Waals surface area contributed by atoms with E-state index in [2.05, 4.69) is 48.2 Å². The molecule has 0 bridgehead atoms. The molecule has 0 unspecified atom stereocenters. The Morgan fingerprint density at radius 1 is 0.968 bits per heavy atom. The zero-order valence-electron chi connectivity index (χ0n) is 18.2. The predicted molar refractivity (Wildman–Crippen MR) is 127 cm³/mol. The molecule has 0 spiro atoms. The number of anilines is 2. The van der Waals surface area contributed by atoms with Crippen molar-refractivity contribution in [1.29, 1.82) is 0 Å².